The molecular formula is C20H27N3O2. The van der Waals surface area contributed by atoms with Crippen LogP contribution in [0.3, 0.4) is 0 Å². The summed E-state index contributed by atoms with van der Waals surface area (Å²) in [5.74, 6) is 0. The van der Waals surface area contributed by atoms with Crippen molar-refractivity contribution in [1.82, 2.24) is 15.6 Å². The van der Waals surface area contributed by atoms with Gasteiger partial charge in [0, 0.05) is 18.9 Å². The molecule has 25 heavy (non-hydrogen) atoms. The lowest BCUT2D eigenvalue weighted by Crippen LogP contribution is -2.36. The van der Waals surface area contributed by atoms with Crippen LogP contribution in [0.4, 0.5) is 4.79 Å². The normalized spacial score (nSPS) is 12.5. The summed E-state index contributed by atoms with van der Waals surface area (Å²) in [7, 11) is 0. The zero-order valence-electron chi connectivity index (χ0n) is 15.4. The molecule has 1 aromatic carbocycles. The molecule has 0 spiro atoms. The van der Waals surface area contributed by atoms with Crippen molar-refractivity contribution >= 4 is 6.03 Å². The van der Waals surface area contributed by atoms with Crippen LogP contribution in [0.25, 0.3) is 0 Å². The molecule has 1 heterocycles. The molecule has 1 atom stereocenters. The van der Waals surface area contributed by atoms with Gasteiger partial charge in [-0.05, 0) is 56.5 Å². The summed E-state index contributed by atoms with van der Waals surface area (Å²) in [6.07, 6.45) is 3.44. The van der Waals surface area contributed by atoms with Gasteiger partial charge in [0.1, 0.15) is 0 Å². The van der Waals surface area contributed by atoms with E-state index in [4.69, 9.17) is 4.74 Å². The number of carbonyl (C=O) groups is 1. The average Bonchev–Trinajstić information content (AvgIpc) is 2.59. The number of benzene rings is 1. The molecule has 2 amide bonds. The number of urea groups is 1. The van der Waals surface area contributed by atoms with Gasteiger partial charge >= 0.3 is 6.03 Å². The van der Waals surface area contributed by atoms with Crippen LogP contribution in [0.5, 0.6) is 0 Å². The maximum atomic E-state index is 12.1. The van der Waals surface area contributed by atoms with Gasteiger partial charge in [-0.15, -0.1) is 0 Å². The van der Waals surface area contributed by atoms with E-state index in [-0.39, 0.29) is 17.7 Å². The monoisotopic (exact) mass is 341 g/mol. The first-order chi connectivity index (χ1) is 11.8. The van der Waals surface area contributed by atoms with E-state index >= 15 is 0 Å². The predicted octanol–water partition coefficient (Wildman–Crippen LogP) is 3.96. The number of nitrogens with zero attached hydrogens (tertiary/aromatic N) is 1. The van der Waals surface area contributed by atoms with Crippen LogP contribution in [0.1, 0.15) is 50.4 Å². The first-order valence-electron chi connectivity index (χ1n) is 8.49. The Labute approximate surface area is 149 Å². The third-order valence-corrected chi connectivity index (χ3v) is 3.67. The van der Waals surface area contributed by atoms with Gasteiger partial charge in [0.2, 0.25) is 0 Å². The second-order valence-corrected chi connectivity index (χ2v) is 7.05. The van der Waals surface area contributed by atoms with Crippen molar-refractivity contribution in [2.75, 3.05) is 0 Å². The summed E-state index contributed by atoms with van der Waals surface area (Å²) in [4.78, 5) is 16.1. The fourth-order valence-electron chi connectivity index (χ4n) is 2.29. The Hall–Kier alpha value is -2.40. The van der Waals surface area contributed by atoms with E-state index in [1.54, 1.807) is 12.4 Å². The van der Waals surface area contributed by atoms with E-state index in [2.05, 4.69) is 21.7 Å². The number of nitrogens with one attached hydrogen (secondary N) is 2. The van der Waals surface area contributed by atoms with Crippen molar-refractivity contribution in [3.8, 4) is 0 Å². The maximum absolute atomic E-state index is 12.1. The summed E-state index contributed by atoms with van der Waals surface area (Å²) < 4.78 is 5.79. The highest BCUT2D eigenvalue weighted by molar-refractivity contribution is 5.74. The average molecular weight is 341 g/mol. The van der Waals surface area contributed by atoms with Crippen molar-refractivity contribution in [3.05, 3.63) is 65.5 Å². The first-order valence-corrected chi connectivity index (χ1v) is 8.49. The number of carbonyl (C=O) groups excluding carboxylic acids is 1. The van der Waals surface area contributed by atoms with Crippen LogP contribution in [0.2, 0.25) is 0 Å². The molecule has 2 N–H and O–H groups in total. The minimum absolute atomic E-state index is 0.0745. The molecule has 5 nitrogen and oxygen atoms in total. The minimum atomic E-state index is -0.194. The molecule has 2 aromatic rings. The van der Waals surface area contributed by atoms with Crippen LogP contribution in [-0.2, 0) is 17.9 Å². The predicted molar refractivity (Wildman–Crippen MR) is 99.0 cm³/mol. The molecule has 0 saturated carbocycles. The zero-order chi connectivity index (χ0) is 18.3. The third kappa shape index (κ3) is 6.93. The van der Waals surface area contributed by atoms with Gasteiger partial charge in [0.15, 0.2) is 0 Å². The maximum Gasteiger partial charge on any atom is 0.315 e. The van der Waals surface area contributed by atoms with E-state index in [1.165, 1.54) is 0 Å². The SMILES string of the molecule is C[C@H](NC(=O)NCc1cccc(COC(C)(C)C)c1)c1ccncc1. The second kappa shape index (κ2) is 8.62. The summed E-state index contributed by atoms with van der Waals surface area (Å²) >= 11 is 0. The summed E-state index contributed by atoms with van der Waals surface area (Å²) in [5, 5.41) is 5.82. The highest BCUT2D eigenvalue weighted by Crippen LogP contribution is 2.13. The third-order valence-electron chi connectivity index (χ3n) is 3.67. The van der Waals surface area contributed by atoms with Crippen molar-refractivity contribution in [2.24, 2.45) is 0 Å². The lowest BCUT2D eigenvalue weighted by atomic mass is 10.1. The molecule has 1 aromatic heterocycles. The summed E-state index contributed by atoms with van der Waals surface area (Å²) in [6, 6.07) is 11.6. The lowest BCUT2D eigenvalue weighted by molar-refractivity contribution is -0.0149. The zero-order valence-corrected chi connectivity index (χ0v) is 15.4. The van der Waals surface area contributed by atoms with Crippen LogP contribution in [-0.4, -0.2) is 16.6 Å². The van der Waals surface area contributed by atoms with E-state index in [1.807, 2.05) is 58.0 Å². The Morgan fingerprint density at radius 2 is 1.84 bits per heavy atom. The van der Waals surface area contributed by atoms with Crippen LogP contribution in [0, 0.1) is 0 Å². The van der Waals surface area contributed by atoms with Crippen LogP contribution >= 0.6 is 0 Å². The van der Waals surface area contributed by atoms with E-state index in [9.17, 15) is 4.79 Å². The Morgan fingerprint density at radius 1 is 1.16 bits per heavy atom. The largest absolute Gasteiger partial charge is 0.371 e. The highest BCUT2D eigenvalue weighted by atomic mass is 16.5. The molecule has 0 fully saturated rings. The smallest absolute Gasteiger partial charge is 0.315 e. The fraction of sp³-hybridized carbons (Fsp3) is 0.400. The van der Waals surface area contributed by atoms with E-state index in [0.29, 0.717) is 13.2 Å². The van der Waals surface area contributed by atoms with Gasteiger partial charge in [-0.1, -0.05) is 24.3 Å². The van der Waals surface area contributed by atoms with E-state index < -0.39 is 0 Å². The van der Waals surface area contributed by atoms with Gasteiger partial charge in [-0.25, -0.2) is 4.79 Å². The first kappa shape index (κ1) is 18.9. The Balaban J connectivity index is 1.83. The number of hydrogen-bond acceptors (Lipinski definition) is 3. The molecule has 0 aliphatic rings. The standard InChI is InChI=1S/C20H27N3O2/c1-15(18-8-10-21-11-9-18)23-19(24)22-13-16-6-5-7-17(12-16)14-25-20(2,3)4/h5-12,15H,13-14H2,1-4H3,(H2,22,23,24)/t15-/m0/s1. The summed E-state index contributed by atoms with van der Waals surface area (Å²) in [6.45, 7) is 9.08. The Kier molecular flexibility index (Phi) is 6.53. The molecule has 0 aliphatic carbocycles. The number of hydrogen-bond donors (Lipinski definition) is 2. The van der Waals surface area contributed by atoms with Crippen molar-refractivity contribution < 1.29 is 9.53 Å². The number of ether oxygens (including phenoxy) is 1. The van der Waals surface area contributed by atoms with Gasteiger partial charge in [0.05, 0.1) is 18.2 Å². The van der Waals surface area contributed by atoms with Crippen LogP contribution < -0.4 is 10.6 Å². The molecule has 0 unspecified atom stereocenters. The van der Waals surface area contributed by atoms with Crippen molar-refractivity contribution in [2.45, 2.75) is 52.5 Å². The number of amides is 2. The number of rotatable bonds is 6. The minimum Gasteiger partial charge on any atom is -0.371 e. The highest BCUT2D eigenvalue weighted by Gasteiger charge is 2.11. The van der Waals surface area contributed by atoms with E-state index in [0.717, 1.165) is 16.7 Å². The molecule has 0 aliphatic heterocycles. The molecule has 0 bridgehead atoms. The van der Waals surface area contributed by atoms with Gasteiger partial charge in [-0.2, -0.15) is 0 Å². The Bertz CT molecular complexity index is 681. The van der Waals surface area contributed by atoms with Gasteiger partial charge in [-0.3, -0.25) is 4.98 Å². The molecule has 2 rings (SSSR count). The number of aromatic nitrogens is 1. The molecular weight excluding hydrogens is 314 g/mol. The molecule has 134 valence electrons. The molecule has 0 saturated heterocycles. The number of pyridine rings is 1. The second-order valence-electron chi connectivity index (χ2n) is 7.05. The van der Waals surface area contributed by atoms with Crippen molar-refractivity contribution in [3.63, 3.8) is 0 Å². The fourth-order valence-corrected chi connectivity index (χ4v) is 2.29. The molecule has 0 radical (unpaired) electrons. The van der Waals surface area contributed by atoms with Gasteiger partial charge in [0.25, 0.3) is 0 Å². The quantitative estimate of drug-likeness (QED) is 0.836. The van der Waals surface area contributed by atoms with Gasteiger partial charge < -0.3 is 15.4 Å². The lowest BCUT2D eigenvalue weighted by Gasteiger charge is -2.19. The Morgan fingerprint density at radius 3 is 2.52 bits per heavy atom. The molecule has 5 heteroatoms. The summed E-state index contributed by atoms with van der Waals surface area (Å²) in [5.41, 5.74) is 2.99. The van der Waals surface area contributed by atoms with Crippen molar-refractivity contribution in [1.29, 1.82) is 0 Å². The topological polar surface area (TPSA) is 63.2 Å². The van der Waals surface area contributed by atoms with Crippen LogP contribution in [0.15, 0.2) is 48.8 Å².